The lowest BCUT2D eigenvalue weighted by atomic mass is 10.1. The van der Waals surface area contributed by atoms with E-state index in [1.54, 1.807) is 18.5 Å². The molecule has 0 N–H and O–H groups in total. The van der Waals surface area contributed by atoms with E-state index in [2.05, 4.69) is 34.2 Å². The number of aromatic nitrogens is 2. The van der Waals surface area contributed by atoms with Crippen molar-refractivity contribution in [2.75, 3.05) is 18.8 Å². The molecule has 0 aliphatic carbocycles. The average molecular weight is 299 g/mol. The van der Waals surface area contributed by atoms with Gasteiger partial charge < -0.3 is 4.90 Å². The van der Waals surface area contributed by atoms with E-state index in [0.29, 0.717) is 11.1 Å². The minimum atomic E-state index is -0.0649. The second kappa shape index (κ2) is 6.72. The van der Waals surface area contributed by atoms with Crippen LogP contribution in [0.5, 0.6) is 0 Å². The molecule has 0 bridgehead atoms. The third-order valence-corrected chi connectivity index (χ3v) is 4.89. The maximum Gasteiger partial charge on any atom is 0.291 e. The Bertz CT molecular complexity index is 591. The number of rotatable bonds is 2. The molecule has 1 aromatic heterocycles. The Hall–Kier alpha value is -1.88. The third-order valence-electron chi connectivity index (χ3n) is 3.56. The third kappa shape index (κ3) is 3.42. The van der Waals surface area contributed by atoms with Crippen LogP contribution in [0.1, 0.15) is 27.9 Å². The Balaban J connectivity index is 1.67. The molecule has 108 valence electrons. The van der Waals surface area contributed by atoms with Crippen LogP contribution >= 0.6 is 11.8 Å². The summed E-state index contributed by atoms with van der Waals surface area (Å²) in [4.78, 5) is 22.4. The lowest BCUT2D eigenvalue weighted by molar-refractivity contribution is 0.0754. The standard InChI is InChI=1S/C16H17N3OS/c20-16(15-17-8-4-9-18-15)19-10-7-14(21-12-11-19)13-5-2-1-3-6-13/h1-6,8-9,14H,7,10-12H2. The van der Waals surface area contributed by atoms with E-state index in [9.17, 15) is 4.79 Å². The van der Waals surface area contributed by atoms with Crippen molar-refractivity contribution in [2.45, 2.75) is 11.7 Å². The van der Waals surface area contributed by atoms with Crippen LogP contribution in [0.3, 0.4) is 0 Å². The molecule has 1 amide bonds. The van der Waals surface area contributed by atoms with Crippen LogP contribution in [0.4, 0.5) is 0 Å². The van der Waals surface area contributed by atoms with Gasteiger partial charge in [0.1, 0.15) is 0 Å². The Morgan fingerprint density at radius 1 is 1.10 bits per heavy atom. The monoisotopic (exact) mass is 299 g/mol. The largest absolute Gasteiger partial charge is 0.335 e. The number of thioether (sulfide) groups is 1. The Kier molecular flexibility index (Phi) is 4.50. The maximum absolute atomic E-state index is 12.4. The number of benzene rings is 1. The Labute approximate surface area is 128 Å². The van der Waals surface area contributed by atoms with Gasteiger partial charge in [-0.3, -0.25) is 4.79 Å². The summed E-state index contributed by atoms with van der Waals surface area (Å²) in [7, 11) is 0. The van der Waals surface area contributed by atoms with E-state index in [0.717, 1.165) is 25.3 Å². The summed E-state index contributed by atoms with van der Waals surface area (Å²) in [5.41, 5.74) is 1.34. The molecule has 21 heavy (non-hydrogen) atoms. The number of carbonyl (C=O) groups excluding carboxylic acids is 1. The fraction of sp³-hybridized carbons (Fsp3) is 0.312. The first-order chi connectivity index (χ1) is 10.3. The molecular formula is C16H17N3OS. The lowest BCUT2D eigenvalue weighted by Gasteiger charge is -2.19. The van der Waals surface area contributed by atoms with Crippen molar-refractivity contribution in [3.63, 3.8) is 0 Å². The van der Waals surface area contributed by atoms with Crippen molar-refractivity contribution in [1.82, 2.24) is 14.9 Å². The second-order valence-corrected chi connectivity index (χ2v) is 6.23. The van der Waals surface area contributed by atoms with E-state index in [1.807, 2.05) is 22.7 Å². The van der Waals surface area contributed by atoms with Gasteiger partial charge in [-0.2, -0.15) is 11.8 Å². The van der Waals surface area contributed by atoms with Gasteiger partial charge in [-0.05, 0) is 18.1 Å². The molecule has 1 atom stereocenters. The molecule has 5 heteroatoms. The van der Waals surface area contributed by atoms with Gasteiger partial charge in [0.05, 0.1) is 0 Å². The Morgan fingerprint density at radius 2 is 1.86 bits per heavy atom. The van der Waals surface area contributed by atoms with Crippen molar-refractivity contribution in [3.8, 4) is 0 Å². The SMILES string of the molecule is O=C(c1ncccn1)N1CCSC(c2ccccc2)CC1. The first-order valence-electron chi connectivity index (χ1n) is 7.07. The Morgan fingerprint density at radius 3 is 2.62 bits per heavy atom. The highest BCUT2D eigenvalue weighted by molar-refractivity contribution is 7.99. The number of nitrogens with zero attached hydrogens (tertiary/aromatic N) is 3. The fourth-order valence-electron chi connectivity index (χ4n) is 2.46. The normalized spacial score (nSPS) is 19.0. The van der Waals surface area contributed by atoms with Gasteiger partial charge in [-0.15, -0.1) is 0 Å². The van der Waals surface area contributed by atoms with E-state index in [-0.39, 0.29) is 5.91 Å². The minimum absolute atomic E-state index is 0.0649. The van der Waals surface area contributed by atoms with E-state index >= 15 is 0 Å². The van der Waals surface area contributed by atoms with Gasteiger partial charge in [0, 0.05) is 36.5 Å². The first-order valence-corrected chi connectivity index (χ1v) is 8.12. The van der Waals surface area contributed by atoms with Gasteiger partial charge in [0.15, 0.2) is 0 Å². The zero-order chi connectivity index (χ0) is 14.5. The summed E-state index contributed by atoms with van der Waals surface area (Å²) >= 11 is 1.92. The smallest absolute Gasteiger partial charge is 0.291 e. The number of hydrogen-bond acceptors (Lipinski definition) is 4. The van der Waals surface area contributed by atoms with Crippen molar-refractivity contribution >= 4 is 17.7 Å². The molecule has 1 aromatic carbocycles. The highest BCUT2D eigenvalue weighted by Gasteiger charge is 2.23. The van der Waals surface area contributed by atoms with Crippen LogP contribution in [0.15, 0.2) is 48.8 Å². The van der Waals surface area contributed by atoms with Gasteiger partial charge >= 0.3 is 0 Å². The van der Waals surface area contributed by atoms with E-state index in [1.165, 1.54) is 5.56 Å². The molecule has 4 nitrogen and oxygen atoms in total. The summed E-state index contributed by atoms with van der Waals surface area (Å²) < 4.78 is 0. The second-order valence-electron chi connectivity index (χ2n) is 4.92. The molecule has 1 aliphatic heterocycles. The molecule has 1 saturated heterocycles. The molecule has 1 fully saturated rings. The average Bonchev–Trinajstić information content (AvgIpc) is 2.82. The predicted octanol–water partition coefficient (Wildman–Crippen LogP) is 2.80. The topological polar surface area (TPSA) is 46.1 Å². The van der Waals surface area contributed by atoms with E-state index in [4.69, 9.17) is 0 Å². The molecule has 2 heterocycles. The number of hydrogen-bond donors (Lipinski definition) is 0. The van der Waals surface area contributed by atoms with Crippen molar-refractivity contribution in [2.24, 2.45) is 0 Å². The quantitative estimate of drug-likeness (QED) is 0.855. The van der Waals surface area contributed by atoms with Gasteiger partial charge in [0.2, 0.25) is 5.82 Å². The van der Waals surface area contributed by atoms with Gasteiger partial charge in [0.25, 0.3) is 5.91 Å². The molecule has 0 spiro atoms. The number of amides is 1. The zero-order valence-corrected chi connectivity index (χ0v) is 12.5. The molecule has 0 radical (unpaired) electrons. The molecule has 1 aliphatic rings. The summed E-state index contributed by atoms with van der Waals surface area (Å²) in [6.45, 7) is 1.51. The van der Waals surface area contributed by atoms with Crippen LogP contribution < -0.4 is 0 Å². The fourth-order valence-corrected chi connectivity index (χ4v) is 3.69. The van der Waals surface area contributed by atoms with Crippen LogP contribution in [-0.2, 0) is 0 Å². The summed E-state index contributed by atoms with van der Waals surface area (Å²) in [5.74, 6) is 1.17. The van der Waals surface area contributed by atoms with Crippen molar-refractivity contribution in [3.05, 3.63) is 60.2 Å². The van der Waals surface area contributed by atoms with Crippen LogP contribution in [-0.4, -0.2) is 39.6 Å². The van der Waals surface area contributed by atoms with Gasteiger partial charge in [-0.25, -0.2) is 9.97 Å². The highest BCUT2D eigenvalue weighted by Crippen LogP contribution is 2.34. The van der Waals surface area contributed by atoms with Crippen LogP contribution in [0.25, 0.3) is 0 Å². The number of carbonyl (C=O) groups is 1. The summed E-state index contributed by atoms with van der Waals surface area (Å²) in [6, 6.07) is 12.2. The first kappa shape index (κ1) is 14.1. The zero-order valence-electron chi connectivity index (χ0n) is 11.7. The minimum Gasteiger partial charge on any atom is -0.335 e. The molecule has 0 saturated carbocycles. The highest BCUT2D eigenvalue weighted by atomic mass is 32.2. The molecule has 2 aromatic rings. The predicted molar refractivity (Wildman–Crippen MR) is 84.2 cm³/mol. The summed E-state index contributed by atoms with van der Waals surface area (Å²) in [5, 5.41) is 0.459. The van der Waals surface area contributed by atoms with Crippen LogP contribution in [0, 0.1) is 0 Å². The molecule has 1 unspecified atom stereocenters. The lowest BCUT2D eigenvalue weighted by Crippen LogP contribution is -2.34. The van der Waals surface area contributed by atoms with Crippen molar-refractivity contribution in [1.29, 1.82) is 0 Å². The summed E-state index contributed by atoms with van der Waals surface area (Å²) in [6.07, 6.45) is 4.19. The van der Waals surface area contributed by atoms with Gasteiger partial charge in [-0.1, -0.05) is 30.3 Å². The van der Waals surface area contributed by atoms with Crippen molar-refractivity contribution < 1.29 is 4.79 Å². The maximum atomic E-state index is 12.4. The van der Waals surface area contributed by atoms with E-state index < -0.39 is 0 Å². The molecule has 3 rings (SSSR count). The molecular weight excluding hydrogens is 282 g/mol. The van der Waals surface area contributed by atoms with Crippen LogP contribution in [0.2, 0.25) is 0 Å².